The number of aryl methyl sites for hydroxylation is 2. The summed E-state index contributed by atoms with van der Waals surface area (Å²) in [5, 5.41) is 17.1. The summed E-state index contributed by atoms with van der Waals surface area (Å²) < 4.78 is 85.0. The average molecular weight is 662 g/mol. The SMILES string of the molecule is Cc1ccc(C(c2ccn3c(C(F)(F)F)nnc3c2C)[C@H](C)C(=O)O)nc1CN1C[C@@H]2CCCCN2c2ncc(F)cc2S1(=O)=O. The van der Waals surface area contributed by atoms with Crippen molar-refractivity contribution in [3.63, 3.8) is 0 Å². The summed E-state index contributed by atoms with van der Waals surface area (Å²) in [4.78, 5) is 23.0. The lowest BCUT2D eigenvalue weighted by atomic mass is 9.82. The van der Waals surface area contributed by atoms with E-state index < -0.39 is 45.6 Å². The molecule has 4 aromatic heterocycles. The van der Waals surface area contributed by atoms with Crippen molar-refractivity contribution < 1.29 is 35.9 Å². The Morgan fingerprint density at radius 3 is 2.63 bits per heavy atom. The van der Waals surface area contributed by atoms with E-state index in [1.807, 2.05) is 4.90 Å². The van der Waals surface area contributed by atoms with Crippen LogP contribution in [0.25, 0.3) is 5.65 Å². The van der Waals surface area contributed by atoms with Gasteiger partial charge in [0.2, 0.25) is 15.8 Å². The zero-order chi connectivity index (χ0) is 33.1. The van der Waals surface area contributed by atoms with Gasteiger partial charge in [0.1, 0.15) is 16.5 Å². The van der Waals surface area contributed by atoms with E-state index in [-0.39, 0.29) is 41.2 Å². The van der Waals surface area contributed by atoms with Crippen LogP contribution < -0.4 is 4.90 Å². The number of sulfonamides is 1. The largest absolute Gasteiger partial charge is 0.481 e. The quantitative estimate of drug-likeness (QED) is 0.292. The molecule has 0 bridgehead atoms. The van der Waals surface area contributed by atoms with E-state index in [0.29, 0.717) is 28.9 Å². The maximum absolute atomic E-state index is 14.4. The molecule has 1 fully saturated rings. The van der Waals surface area contributed by atoms with Gasteiger partial charge in [-0.05, 0) is 68.0 Å². The van der Waals surface area contributed by atoms with Crippen LogP contribution in [0.5, 0.6) is 0 Å². The third-order valence-corrected chi connectivity index (χ3v) is 10.8. The highest BCUT2D eigenvalue weighted by molar-refractivity contribution is 7.89. The molecule has 244 valence electrons. The lowest BCUT2D eigenvalue weighted by Gasteiger charge is -2.36. The number of hydrogen-bond acceptors (Lipinski definition) is 8. The van der Waals surface area contributed by atoms with Crippen molar-refractivity contribution in [2.75, 3.05) is 18.0 Å². The number of alkyl halides is 3. The molecule has 1 unspecified atom stereocenters. The summed E-state index contributed by atoms with van der Waals surface area (Å²) in [7, 11) is -4.23. The molecule has 46 heavy (non-hydrogen) atoms. The summed E-state index contributed by atoms with van der Waals surface area (Å²) in [6, 6.07) is 5.54. The van der Waals surface area contributed by atoms with Crippen LogP contribution in [0.4, 0.5) is 23.4 Å². The van der Waals surface area contributed by atoms with Crippen LogP contribution in [-0.2, 0) is 27.5 Å². The van der Waals surface area contributed by atoms with Crippen LogP contribution in [0.2, 0.25) is 0 Å². The van der Waals surface area contributed by atoms with E-state index >= 15 is 0 Å². The van der Waals surface area contributed by atoms with Crippen LogP contribution in [-0.4, -0.2) is 67.5 Å². The maximum atomic E-state index is 14.4. The van der Waals surface area contributed by atoms with Crippen molar-refractivity contribution in [2.45, 2.75) is 69.6 Å². The van der Waals surface area contributed by atoms with Crippen molar-refractivity contribution in [2.24, 2.45) is 5.92 Å². The number of carbonyl (C=O) groups is 1. The molecule has 6 rings (SSSR count). The molecule has 0 aliphatic carbocycles. The summed E-state index contributed by atoms with van der Waals surface area (Å²) >= 11 is 0. The van der Waals surface area contributed by atoms with E-state index in [1.165, 1.54) is 17.3 Å². The van der Waals surface area contributed by atoms with Crippen molar-refractivity contribution in [1.82, 2.24) is 28.9 Å². The zero-order valence-electron chi connectivity index (χ0n) is 25.2. The van der Waals surface area contributed by atoms with Crippen LogP contribution in [0.15, 0.2) is 41.6 Å². The number of carboxylic acid groups (broad SMARTS) is 1. The Labute approximate surface area is 262 Å². The number of piperidine rings is 1. The fourth-order valence-electron chi connectivity index (χ4n) is 6.45. The van der Waals surface area contributed by atoms with E-state index in [4.69, 9.17) is 4.98 Å². The predicted molar refractivity (Wildman–Crippen MR) is 157 cm³/mol. The molecule has 2 aliphatic heterocycles. The minimum atomic E-state index is -4.75. The lowest BCUT2D eigenvalue weighted by Crippen LogP contribution is -2.45. The van der Waals surface area contributed by atoms with Gasteiger partial charge in [-0.3, -0.25) is 14.2 Å². The standard InChI is InChI=1S/C30H31F4N7O4S/c1-16-7-8-22(25(18(3)28(42)43)21-9-11-41-26(17(21)2)37-38-29(41)30(32,33)34)36-23(16)15-39-14-20-6-4-5-10-40(20)27-24(46(39,44)45)12-19(31)13-35-27/h7-9,11-13,18,20,25H,4-6,10,14-15H2,1-3H3,(H,42,43)/t18-,20-,25?/m0/s1. The maximum Gasteiger partial charge on any atom is 0.452 e. The van der Waals surface area contributed by atoms with Crippen LogP contribution >= 0.6 is 0 Å². The molecular weight excluding hydrogens is 630 g/mol. The Morgan fingerprint density at radius 1 is 1.15 bits per heavy atom. The Bertz CT molecular complexity index is 1950. The van der Waals surface area contributed by atoms with E-state index in [1.54, 1.807) is 26.0 Å². The van der Waals surface area contributed by atoms with Gasteiger partial charge in [-0.2, -0.15) is 17.5 Å². The van der Waals surface area contributed by atoms with Crippen LogP contribution in [0, 0.1) is 25.6 Å². The highest BCUT2D eigenvalue weighted by Crippen LogP contribution is 2.38. The first-order valence-corrected chi connectivity index (χ1v) is 16.2. The van der Waals surface area contributed by atoms with Gasteiger partial charge in [0.15, 0.2) is 5.65 Å². The third-order valence-electron chi connectivity index (χ3n) is 8.94. The normalized spacial score (nSPS) is 19.7. The number of aliphatic carboxylic acids is 1. The van der Waals surface area contributed by atoms with Gasteiger partial charge in [-0.1, -0.05) is 13.0 Å². The number of pyridine rings is 3. The van der Waals surface area contributed by atoms with Crippen molar-refractivity contribution in [3.8, 4) is 0 Å². The van der Waals surface area contributed by atoms with E-state index in [9.17, 15) is 35.9 Å². The van der Waals surface area contributed by atoms with Gasteiger partial charge < -0.3 is 10.0 Å². The van der Waals surface area contributed by atoms with E-state index in [2.05, 4.69) is 15.2 Å². The molecule has 3 atom stereocenters. The molecule has 11 nitrogen and oxygen atoms in total. The van der Waals surface area contributed by atoms with Gasteiger partial charge >= 0.3 is 12.1 Å². The average Bonchev–Trinajstić information content (AvgIpc) is 3.42. The van der Waals surface area contributed by atoms with Gasteiger partial charge in [0, 0.05) is 36.9 Å². The van der Waals surface area contributed by atoms with Gasteiger partial charge in [0.05, 0.1) is 24.4 Å². The fraction of sp³-hybridized carbons (Fsp3) is 0.433. The summed E-state index contributed by atoms with van der Waals surface area (Å²) in [6.45, 7) is 5.29. The van der Waals surface area contributed by atoms with E-state index in [0.717, 1.165) is 42.1 Å². The van der Waals surface area contributed by atoms with Crippen molar-refractivity contribution in [1.29, 1.82) is 0 Å². The molecule has 0 radical (unpaired) electrons. The fourth-order valence-corrected chi connectivity index (χ4v) is 8.05. The summed E-state index contributed by atoms with van der Waals surface area (Å²) in [5.41, 5.74) is 1.90. The molecule has 6 heterocycles. The number of halogens is 4. The number of hydrogen-bond donors (Lipinski definition) is 1. The molecule has 0 aromatic carbocycles. The van der Waals surface area contributed by atoms with Crippen molar-refractivity contribution >= 4 is 27.5 Å². The molecule has 16 heteroatoms. The first-order valence-electron chi connectivity index (χ1n) is 14.7. The smallest absolute Gasteiger partial charge is 0.452 e. The number of carboxylic acids is 1. The predicted octanol–water partition coefficient (Wildman–Crippen LogP) is 4.71. The number of rotatable bonds is 6. The first-order chi connectivity index (χ1) is 21.7. The Hall–Kier alpha value is -4.18. The minimum absolute atomic E-state index is 0.0769. The highest BCUT2D eigenvalue weighted by atomic mass is 32.2. The van der Waals surface area contributed by atoms with Crippen LogP contribution in [0.1, 0.15) is 66.0 Å². The number of anilines is 1. The second-order valence-electron chi connectivity index (χ2n) is 11.8. The van der Waals surface area contributed by atoms with Gasteiger partial charge in [-0.25, -0.2) is 17.8 Å². The molecule has 0 amide bonds. The molecule has 1 saturated heterocycles. The molecular formula is C30H31F4N7O4S. The first kappa shape index (κ1) is 31.8. The zero-order valence-corrected chi connectivity index (χ0v) is 26.0. The van der Waals surface area contributed by atoms with Gasteiger partial charge in [-0.15, -0.1) is 10.2 Å². The Balaban J connectivity index is 1.43. The number of nitrogens with zero attached hydrogens (tertiary/aromatic N) is 7. The monoisotopic (exact) mass is 661 g/mol. The number of fused-ring (bicyclic) bond motifs is 4. The summed E-state index contributed by atoms with van der Waals surface area (Å²) in [5.74, 6) is -4.93. The highest BCUT2D eigenvalue weighted by Gasteiger charge is 2.41. The molecule has 4 aromatic rings. The van der Waals surface area contributed by atoms with Crippen molar-refractivity contribution in [3.05, 3.63) is 76.4 Å². The minimum Gasteiger partial charge on any atom is -0.481 e. The second kappa shape index (κ2) is 11.6. The molecule has 0 saturated carbocycles. The Morgan fingerprint density at radius 2 is 1.91 bits per heavy atom. The summed E-state index contributed by atoms with van der Waals surface area (Å²) in [6.07, 6.45) is -0.126. The lowest BCUT2D eigenvalue weighted by molar-refractivity contribution is -0.145. The van der Waals surface area contributed by atoms with Gasteiger partial charge in [0.25, 0.3) is 0 Å². The Kier molecular flexibility index (Phi) is 7.99. The molecule has 0 spiro atoms. The number of aromatic nitrogens is 5. The molecule has 2 aliphatic rings. The third kappa shape index (κ3) is 5.46. The van der Waals surface area contributed by atoms with Crippen LogP contribution in [0.3, 0.4) is 0 Å². The topological polar surface area (TPSA) is 134 Å². The molecule has 1 N–H and O–H groups in total. The second-order valence-corrected chi connectivity index (χ2v) is 13.7.